The Morgan fingerprint density at radius 3 is 2.40 bits per heavy atom. The van der Waals surface area contributed by atoms with Crippen LogP contribution in [0.2, 0.25) is 0 Å². The largest absolute Gasteiger partial charge is 0.497 e. The number of nitrogens with zero attached hydrogens (tertiary/aromatic N) is 2. The third-order valence-electron chi connectivity index (χ3n) is 5.52. The quantitative estimate of drug-likeness (QED) is 0.515. The van der Waals surface area contributed by atoms with Gasteiger partial charge < -0.3 is 10.1 Å². The number of hydrogen-bond acceptors (Lipinski definition) is 5. The number of aryl methyl sites for hydroxylation is 1. The number of thiocarbonyl (C=S) groups is 1. The first-order valence-electron chi connectivity index (χ1n) is 10.9. The van der Waals surface area contributed by atoms with E-state index in [0.29, 0.717) is 22.7 Å². The minimum absolute atomic E-state index is 0.000163. The molecule has 178 valence electrons. The van der Waals surface area contributed by atoms with Gasteiger partial charge in [-0.15, -0.1) is 0 Å². The second kappa shape index (κ2) is 10.4. The highest BCUT2D eigenvalue weighted by molar-refractivity contribution is 7.80. The summed E-state index contributed by atoms with van der Waals surface area (Å²) in [6, 6.07) is 21.6. The number of carbonyl (C=O) groups is 3. The molecule has 1 aliphatic heterocycles. The van der Waals surface area contributed by atoms with Crippen molar-refractivity contribution in [1.29, 1.82) is 0 Å². The van der Waals surface area contributed by atoms with Crippen molar-refractivity contribution in [2.75, 3.05) is 17.3 Å². The molecule has 3 aromatic carbocycles. The smallest absolute Gasteiger partial charge is 0.269 e. The van der Waals surface area contributed by atoms with Crippen molar-refractivity contribution in [1.82, 2.24) is 10.4 Å². The molecule has 0 spiro atoms. The molecule has 0 saturated carbocycles. The average molecular weight is 489 g/mol. The monoisotopic (exact) mass is 488 g/mol. The lowest BCUT2D eigenvalue weighted by molar-refractivity contribution is -0.127. The molecule has 1 fully saturated rings. The first-order valence-corrected chi connectivity index (χ1v) is 11.3. The molecule has 3 amide bonds. The van der Waals surface area contributed by atoms with Crippen LogP contribution in [-0.4, -0.2) is 41.0 Å². The minimum atomic E-state index is -1.06. The van der Waals surface area contributed by atoms with Gasteiger partial charge in [0.2, 0.25) is 16.9 Å². The van der Waals surface area contributed by atoms with Crippen molar-refractivity contribution >= 4 is 46.4 Å². The van der Waals surface area contributed by atoms with Crippen molar-refractivity contribution < 1.29 is 19.1 Å². The summed E-state index contributed by atoms with van der Waals surface area (Å²) in [6.45, 7) is 1.94. The Hall–Kier alpha value is -4.24. The second-order valence-corrected chi connectivity index (χ2v) is 8.33. The van der Waals surface area contributed by atoms with Gasteiger partial charge in [0.05, 0.1) is 19.2 Å². The van der Waals surface area contributed by atoms with E-state index in [4.69, 9.17) is 17.0 Å². The van der Waals surface area contributed by atoms with E-state index in [1.165, 1.54) is 17.0 Å². The number of amides is 3. The molecule has 0 radical (unpaired) electrons. The summed E-state index contributed by atoms with van der Waals surface area (Å²) < 4.78 is 5.21. The highest BCUT2D eigenvalue weighted by Crippen LogP contribution is 2.26. The van der Waals surface area contributed by atoms with Crippen LogP contribution in [0.25, 0.3) is 0 Å². The van der Waals surface area contributed by atoms with Crippen LogP contribution in [0.4, 0.5) is 11.4 Å². The molecule has 1 unspecified atom stereocenters. The van der Waals surface area contributed by atoms with Gasteiger partial charge in [-0.2, -0.15) is 0 Å². The molecule has 0 bridgehead atoms. The van der Waals surface area contributed by atoms with Crippen molar-refractivity contribution in [3.63, 3.8) is 0 Å². The molecule has 9 heteroatoms. The van der Waals surface area contributed by atoms with Crippen LogP contribution in [-0.2, 0) is 9.59 Å². The highest BCUT2D eigenvalue weighted by atomic mass is 32.1. The SMILES string of the molecule is COc1cccc(NC(=O)C2CC(=O)N(c3ccc(C)cc3)C(=S)N2NC(=O)c2ccccc2)c1. The zero-order chi connectivity index (χ0) is 24.9. The van der Waals surface area contributed by atoms with E-state index >= 15 is 0 Å². The molecule has 1 saturated heterocycles. The molecule has 1 heterocycles. The standard InChI is InChI=1S/C26H24N4O4S/c1-17-11-13-20(14-12-17)29-23(31)16-22(25(33)27-19-9-6-10-21(15-19)34-2)30(26(29)35)28-24(32)18-7-4-3-5-8-18/h3-15,22H,16H2,1-2H3,(H,27,33)(H,28,32). The van der Waals surface area contributed by atoms with Crippen molar-refractivity contribution in [3.8, 4) is 5.75 Å². The Bertz CT molecular complexity index is 1260. The maximum Gasteiger partial charge on any atom is 0.269 e. The molecular formula is C26H24N4O4S. The average Bonchev–Trinajstić information content (AvgIpc) is 2.87. The third-order valence-corrected chi connectivity index (χ3v) is 5.90. The van der Waals surface area contributed by atoms with Gasteiger partial charge in [-0.3, -0.25) is 24.7 Å². The molecule has 3 aromatic rings. The first kappa shape index (κ1) is 23.9. The summed E-state index contributed by atoms with van der Waals surface area (Å²) in [7, 11) is 1.53. The lowest BCUT2D eigenvalue weighted by Gasteiger charge is -2.41. The van der Waals surface area contributed by atoms with Crippen LogP contribution >= 0.6 is 12.2 Å². The lowest BCUT2D eigenvalue weighted by atomic mass is 10.1. The van der Waals surface area contributed by atoms with Crippen molar-refractivity contribution in [3.05, 3.63) is 90.0 Å². The maximum absolute atomic E-state index is 13.3. The van der Waals surface area contributed by atoms with E-state index in [1.54, 1.807) is 66.7 Å². The number of rotatable bonds is 6. The van der Waals surface area contributed by atoms with Crippen LogP contribution in [0.15, 0.2) is 78.9 Å². The lowest BCUT2D eigenvalue weighted by Crippen LogP contribution is -2.65. The first-order chi connectivity index (χ1) is 16.9. The third kappa shape index (κ3) is 5.30. The Morgan fingerprint density at radius 1 is 1.00 bits per heavy atom. The van der Waals surface area contributed by atoms with Crippen LogP contribution in [0.5, 0.6) is 5.75 Å². The maximum atomic E-state index is 13.3. The van der Waals surface area contributed by atoms with E-state index in [1.807, 2.05) is 19.1 Å². The highest BCUT2D eigenvalue weighted by Gasteiger charge is 2.42. The molecule has 4 rings (SSSR count). The Balaban J connectivity index is 1.64. The van der Waals surface area contributed by atoms with Gasteiger partial charge in [-0.25, -0.2) is 5.01 Å². The van der Waals surface area contributed by atoms with Crippen molar-refractivity contribution in [2.24, 2.45) is 0 Å². The number of carbonyl (C=O) groups excluding carboxylic acids is 3. The number of benzene rings is 3. The van der Waals surface area contributed by atoms with Gasteiger partial charge in [0.1, 0.15) is 11.8 Å². The number of hydrazine groups is 1. The fourth-order valence-electron chi connectivity index (χ4n) is 3.67. The second-order valence-electron chi connectivity index (χ2n) is 7.97. The summed E-state index contributed by atoms with van der Waals surface area (Å²) >= 11 is 5.63. The predicted octanol–water partition coefficient (Wildman–Crippen LogP) is 3.68. The van der Waals surface area contributed by atoms with Gasteiger partial charge in [0.15, 0.2) is 0 Å². The molecule has 2 N–H and O–H groups in total. The number of ether oxygens (including phenoxy) is 1. The van der Waals surface area contributed by atoms with Crippen LogP contribution in [0.1, 0.15) is 22.3 Å². The zero-order valence-corrected chi connectivity index (χ0v) is 20.0. The molecule has 8 nitrogen and oxygen atoms in total. The number of hydrogen-bond donors (Lipinski definition) is 2. The van der Waals surface area contributed by atoms with E-state index < -0.39 is 17.9 Å². The predicted molar refractivity (Wildman–Crippen MR) is 137 cm³/mol. The topological polar surface area (TPSA) is 91.0 Å². The van der Waals surface area contributed by atoms with Gasteiger partial charge in [0.25, 0.3) is 5.91 Å². The summed E-state index contributed by atoms with van der Waals surface area (Å²) in [5.74, 6) is -0.733. The summed E-state index contributed by atoms with van der Waals surface area (Å²) in [4.78, 5) is 40.8. The Morgan fingerprint density at radius 2 is 1.71 bits per heavy atom. The van der Waals surface area contributed by atoms with Gasteiger partial charge >= 0.3 is 0 Å². The molecule has 35 heavy (non-hydrogen) atoms. The number of methoxy groups -OCH3 is 1. The van der Waals surface area contributed by atoms with Crippen molar-refractivity contribution in [2.45, 2.75) is 19.4 Å². The summed E-state index contributed by atoms with van der Waals surface area (Å²) in [6.07, 6.45) is -0.196. The molecule has 0 aliphatic carbocycles. The number of anilines is 2. The van der Waals surface area contributed by atoms with Crippen LogP contribution in [0, 0.1) is 6.92 Å². The fraction of sp³-hybridized carbons (Fsp3) is 0.154. The van der Waals surface area contributed by atoms with Gasteiger partial charge in [0, 0.05) is 17.3 Å². The van der Waals surface area contributed by atoms with Crippen LogP contribution in [0.3, 0.4) is 0 Å². The van der Waals surface area contributed by atoms with E-state index in [-0.39, 0.29) is 17.4 Å². The zero-order valence-electron chi connectivity index (χ0n) is 19.2. The van der Waals surface area contributed by atoms with E-state index in [0.717, 1.165) is 5.56 Å². The number of nitrogens with one attached hydrogen (secondary N) is 2. The molecule has 1 aliphatic rings. The molecule has 0 aromatic heterocycles. The fourth-order valence-corrected chi connectivity index (χ4v) is 4.05. The molecule has 1 atom stereocenters. The molecular weight excluding hydrogens is 464 g/mol. The Kier molecular flexibility index (Phi) is 7.07. The minimum Gasteiger partial charge on any atom is -0.497 e. The Labute approximate surface area is 208 Å². The van der Waals surface area contributed by atoms with E-state index in [2.05, 4.69) is 10.7 Å². The summed E-state index contributed by atoms with van der Waals surface area (Å²) in [5, 5.41) is 4.07. The normalized spacial score (nSPS) is 15.5. The van der Waals surface area contributed by atoms with Gasteiger partial charge in [-0.05, 0) is 55.5 Å². The van der Waals surface area contributed by atoms with Gasteiger partial charge in [-0.1, -0.05) is 42.0 Å². The summed E-state index contributed by atoms with van der Waals surface area (Å²) in [5.41, 5.74) is 5.18. The van der Waals surface area contributed by atoms with E-state index in [9.17, 15) is 14.4 Å². The van der Waals surface area contributed by atoms with Crippen LogP contribution < -0.4 is 20.4 Å².